The zero-order chi connectivity index (χ0) is 22.0. The van der Waals surface area contributed by atoms with Crippen molar-refractivity contribution in [2.75, 3.05) is 31.1 Å². The summed E-state index contributed by atoms with van der Waals surface area (Å²) in [6.07, 6.45) is -0.914. The lowest BCUT2D eigenvalue weighted by atomic mass is 10.0. The summed E-state index contributed by atoms with van der Waals surface area (Å²) in [5.74, 6) is 0.0198. The quantitative estimate of drug-likeness (QED) is 0.725. The number of hydrogen-bond donors (Lipinski definition) is 1. The Morgan fingerprint density at radius 1 is 1.03 bits per heavy atom. The molecule has 2 heterocycles. The second kappa shape index (κ2) is 8.82. The van der Waals surface area contributed by atoms with Crippen molar-refractivity contribution in [3.05, 3.63) is 59.5 Å². The summed E-state index contributed by atoms with van der Waals surface area (Å²) in [6, 6.07) is 8.05. The summed E-state index contributed by atoms with van der Waals surface area (Å²) in [5.41, 5.74) is -0.0542. The molecule has 2 aromatic rings. The highest BCUT2D eigenvalue weighted by molar-refractivity contribution is 5.83. The summed E-state index contributed by atoms with van der Waals surface area (Å²) in [5, 5.41) is 3.04. The maximum Gasteiger partial charge on any atom is 0.417 e. The van der Waals surface area contributed by atoms with E-state index in [1.165, 1.54) is 18.2 Å². The Labute approximate surface area is 178 Å². The van der Waals surface area contributed by atoms with E-state index in [9.17, 15) is 22.4 Å². The van der Waals surface area contributed by atoms with Gasteiger partial charge in [0.2, 0.25) is 5.91 Å². The molecule has 1 unspecified atom stereocenters. The van der Waals surface area contributed by atoms with Gasteiger partial charge in [-0.2, -0.15) is 13.2 Å². The molecule has 9 heteroatoms. The standard InChI is InChI=1S/C22H24F4N4O/c23-17-5-2-15(3-6-17)20(21(31)28-18-7-8-18)30-11-1-10-29(12-13-30)19-9-4-16(14-27-19)22(24,25)26/h2-6,9,14,18,20H,1,7-8,10-13H2,(H,28,31). The smallest absolute Gasteiger partial charge is 0.355 e. The first-order chi connectivity index (χ1) is 14.8. The number of anilines is 1. The molecule has 1 aliphatic heterocycles. The van der Waals surface area contributed by atoms with Crippen LogP contribution in [0.4, 0.5) is 23.4 Å². The fourth-order valence-electron chi connectivity index (χ4n) is 3.85. The minimum Gasteiger partial charge on any atom is -0.355 e. The maximum atomic E-state index is 13.4. The van der Waals surface area contributed by atoms with Crippen LogP contribution in [0, 0.1) is 5.82 Å². The number of carbonyl (C=O) groups excluding carboxylic acids is 1. The van der Waals surface area contributed by atoms with Gasteiger partial charge in [0.05, 0.1) is 5.56 Å². The van der Waals surface area contributed by atoms with Gasteiger partial charge < -0.3 is 10.2 Å². The van der Waals surface area contributed by atoms with Crippen molar-refractivity contribution in [1.82, 2.24) is 15.2 Å². The summed E-state index contributed by atoms with van der Waals surface area (Å²) in [4.78, 5) is 21.0. The van der Waals surface area contributed by atoms with Gasteiger partial charge in [-0.25, -0.2) is 9.37 Å². The van der Waals surface area contributed by atoms with Crippen LogP contribution < -0.4 is 10.2 Å². The minimum absolute atomic E-state index is 0.102. The van der Waals surface area contributed by atoms with Crippen LogP contribution in [0.2, 0.25) is 0 Å². The molecule has 5 nitrogen and oxygen atoms in total. The highest BCUT2D eigenvalue weighted by Crippen LogP contribution is 2.30. The number of benzene rings is 1. The number of nitrogens with one attached hydrogen (secondary N) is 1. The van der Waals surface area contributed by atoms with Crippen molar-refractivity contribution >= 4 is 11.7 Å². The molecule has 0 bridgehead atoms. The van der Waals surface area contributed by atoms with Crippen LogP contribution >= 0.6 is 0 Å². The van der Waals surface area contributed by atoms with Crippen molar-refractivity contribution < 1.29 is 22.4 Å². The summed E-state index contributed by atoms with van der Waals surface area (Å²) >= 11 is 0. The first-order valence-corrected chi connectivity index (χ1v) is 10.4. The van der Waals surface area contributed by atoms with Crippen LogP contribution in [0.5, 0.6) is 0 Å². The number of pyridine rings is 1. The highest BCUT2D eigenvalue weighted by atomic mass is 19.4. The van der Waals surface area contributed by atoms with Gasteiger partial charge in [-0.15, -0.1) is 0 Å². The molecule has 1 aromatic carbocycles. The number of amides is 1. The van der Waals surface area contributed by atoms with E-state index >= 15 is 0 Å². The van der Waals surface area contributed by atoms with Gasteiger partial charge >= 0.3 is 6.18 Å². The van der Waals surface area contributed by atoms with Crippen LogP contribution in [-0.4, -0.2) is 48.0 Å². The van der Waals surface area contributed by atoms with Crippen LogP contribution in [0.3, 0.4) is 0 Å². The van der Waals surface area contributed by atoms with E-state index in [0.717, 1.165) is 37.1 Å². The van der Waals surface area contributed by atoms with Crippen LogP contribution in [0.25, 0.3) is 0 Å². The van der Waals surface area contributed by atoms with Gasteiger partial charge in [-0.1, -0.05) is 12.1 Å². The minimum atomic E-state index is -4.42. The molecule has 1 aliphatic carbocycles. The van der Waals surface area contributed by atoms with Crippen molar-refractivity contribution in [1.29, 1.82) is 0 Å². The molecule has 1 aromatic heterocycles. The number of aromatic nitrogens is 1. The molecule has 2 fully saturated rings. The van der Waals surface area contributed by atoms with Crippen molar-refractivity contribution in [3.63, 3.8) is 0 Å². The Bertz CT molecular complexity index is 897. The highest BCUT2D eigenvalue weighted by Gasteiger charge is 2.34. The molecule has 1 N–H and O–H groups in total. The van der Waals surface area contributed by atoms with Crippen molar-refractivity contribution in [3.8, 4) is 0 Å². The average molecular weight is 436 g/mol. The third kappa shape index (κ3) is 5.33. The number of nitrogens with zero attached hydrogens (tertiary/aromatic N) is 3. The van der Waals surface area contributed by atoms with Crippen LogP contribution in [0.1, 0.15) is 36.4 Å². The Morgan fingerprint density at radius 3 is 2.39 bits per heavy atom. The van der Waals surface area contributed by atoms with E-state index in [4.69, 9.17) is 0 Å². The zero-order valence-electron chi connectivity index (χ0n) is 16.9. The number of rotatable bonds is 5. The fourth-order valence-corrected chi connectivity index (χ4v) is 3.85. The second-order valence-electron chi connectivity index (χ2n) is 8.02. The fraction of sp³-hybridized carbons (Fsp3) is 0.455. The molecule has 1 saturated carbocycles. The van der Waals surface area contributed by atoms with E-state index in [0.29, 0.717) is 32.0 Å². The predicted molar refractivity (Wildman–Crippen MR) is 108 cm³/mol. The molecular formula is C22H24F4N4O. The Kier molecular flexibility index (Phi) is 6.13. The SMILES string of the molecule is O=C(NC1CC1)C(c1ccc(F)cc1)N1CCCN(c2ccc(C(F)(F)F)cn2)CC1. The van der Waals surface area contributed by atoms with E-state index in [1.807, 2.05) is 4.90 Å². The molecule has 166 valence electrons. The molecule has 1 saturated heterocycles. The molecule has 0 spiro atoms. The number of carbonyl (C=O) groups is 1. The van der Waals surface area contributed by atoms with E-state index in [-0.39, 0.29) is 17.8 Å². The summed E-state index contributed by atoms with van der Waals surface area (Å²) < 4.78 is 51.8. The average Bonchev–Trinajstić information content (AvgIpc) is 3.56. The Balaban J connectivity index is 1.49. The van der Waals surface area contributed by atoms with Crippen molar-refractivity contribution in [2.45, 2.75) is 37.5 Å². The van der Waals surface area contributed by atoms with E-state index in [1.54, 1.807) is 12.1 Å². The van der Waals surface area contributed by atoms with Gasteiger partial charge in [0.25, 0.3) is 0 Å². The lowest BCUT2D eigenvalue weighted by molar-refractivity contribution is -0.137. The van der Waals surface area contributed by atoms with E-state index in [2.05, 4.69) is 15.2 Å². The predicted octanol–water partition coefficient (Wildman–Crippen LogP) is 3.77. The molecule has 1 amide bonds. The third-order valence-electron chi connectivity index (χ3n) is 5.65. The Hall–Kier alpha value is -2.68. The summed E-state index contributed by atoms with van der Waals surface area (Å²) in [6.45, 7) is 2.31. The van der Waals surface area contributed by atoms with Crippen molar-refractivity contribution in [2.24, 2.45) is 0 Å². The zero-order valence-corrected chi connectivity index (χ0v) is 16.9. The van der Waals surface area contributed by atoms with Gasteiger partial charge in [0, 0.05) is 38.4 Å². The number of halogens is 4. The number of hydrogen-bond acceptors (Lipinski definition) is 4. The summed E-state index contributed by atoms with van der Waals surface area (Å²) in [7, 11) is 0. The van der Waals surface area contributed by atoms with Gasteiger partial charge in [0.15, 0.2) is 0 Å². The topological polar surface area (TPSA) is 48.5 Å². The molecular weight excluding hydrogens is 412 g/mol. The normalized spacial score (nSPS) is 19.0. The van der Waals surface area contributed by atoms with E-state index < -0.39 is 17.8 Å². The number of alkyl halides is 3. The molecule has 31 heavy (non-hydrogen) atoms. The van der Waals surface area contributed by atoms with Gasteiger partial charge in [-0.3, -0.25) is 9.69 Å². The van der Waals surface area contributed by atoms with Gasteiger partial charge in [-0.05, 0) is 49.1 Å². The first-order valence-electron chi connectivity index (χ1n) is 10.4. The molecule has 4 rings (SSSR count). The van der Waals surface area contributed by atoms with Crippen LogP contribution in [-0.2, 0) is 11.0 Å². The second-order valence-corrected chi connectivity index (χ2v) is 8.02. The molecule has 0 radical (unpaired) electrons. The largest absolute Gasteiger partial charge is 0.417 e. The first kappa shape index (κ1) is 21.5. The van der Waals surface area contributed by atoms with Crippen LogP contribution in [0.15, 0.2) is 42.6 Å². The third-order valence-corrected chi connectivity index (χ3v) is 5.65. The van der Waals surface area contributed by atoms with Gasteiger partial charge in [0.1, 0.15) is 17.7 Å². The lowest BCUT2D eigenvalue weighted by Gasteiger charge is -2.30. The monoisotopic (exact) mass is 436 g/mol. The maximum absolute atomic E-state index is 13.4. The lowest BCUT2D eigenvalue weighted by Crippen LogP contribution is -2.43. The molecule has 2 aliphatic rings. The Morgan fingerprint density at radius 2 is 1.77 bits per heavy atom. The molecule has 1 atom stereocenters.